The smallest absolute Gasteiger partial charge is 0.0667 e. The van der Waals surface area contributed by atoms with E-state index in [1.165, 1.54) is 0 Å². The zero-order valence-corrected chi connectivity index (χ0v) is 9.38. The average Bonchev–Trinajstić information content (AvgIpc) is 2.14. The van der Waals surface area contributed by atoms with Crippen LogP contribution in [0.5, 0.6) is 0 Å². The van der Waals surface area contributed by atoms with Gasteiger partial charge in [0.1, 0.15) is 0 Å². The van der Waals surface area contributed by atoms with Gasteiger partial charge in [-0.3, -0.25) is 4.99 Å². The van der Waals surface area contributed by atoms with E-state index in [0.717, 1.165) is 18.5 Å². The van der Waals surface area contributed by atoms with Gasteiger partial charge >= 0.3 is 0 Å². The highest BCUT2D eigenvalue weighted by atomic mass is 15.4. The van der Waals surface area contributed by atoms with E-state index < -0.39 is 0 Å². The van der Waals surface area contributed by atoms with Crippen molar-refractivity contribution in [2.45, 2.75) is 39.7 Å². The number of aliphatic imine (C=N–C) groups is 1. The molecule has 3 heteroatoms. The van der Waals surface area contributed by atoms with E-state index in [0.29, 0.717) is 6.04 Å². The van der Waals surface area contributed by atoms with E-state index in [2.05, 4.69) is 49.4 Å². The zero-order chi connectivity index (χ0) is 10.8. The van der Waals surface area contributed by atoms with E-state index >= 15 is 0 Å². The van der Waals surface area contributed by atoms with E-state index in [1.807, 2.05) is 6.08 Å². The van der Waals surface area contributed by atoms with Gasteiger partial charge in [-0.1, -0.05) is 19.4 Å². The predicted molar refractivity (Wildman–Crippen MR) is 63.1 cm³/mol. The molecule has 80 valence electrons. The lowest BCUT2D eigenvalue weighted by molar-refractivity contribution is 0.526. The third-order valence-corrected chi connectivity index (χ3v) is 1.49. The lowest BCUT2D eigenvalue weighted by Gasteiger charge is -2.11. The van der Waals surface area contributed by atoms with Crippen LogP contribution in [-0.4, -0.2) is 12.8 Å². The molecule has 0 saturated heterocycles. The molecule has 0 aliphatic rings. The van der Waals surface area contributed by atoms with E-state index in [9.17, 15) is 0 Å². The molecule has 2 N–H and O–H groups in total. The minimum absolute atomic E-state index is 0.391. The van der Waals surface area contributed by atoms with Crippen molar-refractivity contribution in [3.8, 4) is 0 Å². The highest BCUT2D eigenvalue weighted by Gasteiger charge is 1.92. The van der Waals surface area contributed by atoms with Gasteiger partial charge in [-0.05, 0) is 33.1 Å². The van der Waals surface area contributed by atoms with Crippen molar-refractivity contribution in [2.75, 3.05) is 0 Å². The molecule has 14 heavy (non-hydrogen) atoms. The van der Waals surface area contributed by atoms with Crippen LogP contribution in [0.2, 0.25) is 0 Å². The number of rotatable bonds is 7. The Morgan fingerprint density at radius 1 is 1.50 bits per heavy atom. The minimum atomic E-state index is 0.391. The van der Waals surface area contributed by atoms with E-state index in [-0.39, 0.29) is 0 Å². The molecule has 0 aromatic carbocycles. The first-order chi connectivity index (χ1) is 6.70. The largest absolute Gasteiger partial charge is 0.320 e. The first kappa shape index (κ1) is 12.9. The fourth-order valence-electron chi connectivity index (χ4n) is 0.820. The lowest BCUT2D eigenvalue weighted by Crippen LogP contribution is -2.36. The molecule has 0 heterocycles. The van der Waals surface area contributed by atoms with Crippen LogP contribution in [0.3, 0.4) is 0 Å². The Morgan fingerprint density at radius 2 is 2.21 bits per heavy atom. The minimum Gasteiger partial charge on any atom is -0.320 e. The van der Waals surface area contributed by atoms with Crippen molar-refractivity contribution in [3.05, 3.63) is 24.0 Å². The first-order valence-corrected chi connectivity index (χ1v) is 5.04. The summed E-state index contributed by atoms with van der Waals surface area (Å²) < 4.78 is 0. The van der Waals surface area contributed by atoms with Crippen molar-refractivity contribution in [3.63, 3.8) is 0 Å². The highest BCUT2D eigenvalue weighted by Crippen LogP contribution is 1.95. The van der Waals surface area contributed by atoms with Crippen LogP contribution in [0.4, 0.5) is 0 Å². The van der Waals surface area contributed by atoms with Crippen molar-refractivity contribution in [1.82, 2.24) is 10.9 Å². The number of nitrogens with one attached hydrogen (secondary N) is 2. The number of hydrogen-bond acceptors (Lipinski definition) is 3. The van der Waals surface area contributed by atoms with Crippen LogP contribution in [0, 0.1) is 0 Å². The Kier molecular flexibility index (Phi) is 7.84. The molecule has 0 bridgehead atoms. The van der Waals surface area contributed by atoms with Crippen molar-refractivity contribution < 1.29 is 0 Å². The second-order valence-corrected chi connectivity index (χ2v) is 3.38. The fraction of sp³-hybridized carbons (Fsp3) is 0.545. The van der Waals surface area contributed by atoms with Gasteiger partial charge in [0.2, 0.25) is 0 Å². The van der Waals surface area contributed by atoms with E-state index in [1.54, 1.807) is 6.20 Å². The summed E-state index contributed by atoms with van der Waals surface area (Å²) in [6, 6.07) is 0.391. The van der Waals surface area contributed by atoms with Crippen molar-refractivity contribution in [1.29, 1.82) is 0 Å². The zero-order valence-electron chi connectivity index (χ0n) is 9.38. The number of unbranched alkanes of at least 4 members (excludes halogenated alkanes) is 1. The molecule has 0 aliphatic heterocycles. The molecule has 0 aromatic heterocycles. The topological polar surface area (TPSA) is 36.4 Å². The molecule has 0 aliphatic carbocycles. The Balaban J connectivity index is 4.03. The second-order valence-electron chi connectivity index (χ2n) is 3.38. The van der Waals surface area contributed by atoms with Gasteiger partial charge < -0.3 is 5.43 Å². The molecule has 0 fully saturated rings. The number of hydrazine groups is 1. The fourth-order valence-corrected chi connectivity index (χ4v) is 0.820. The van der Waals surface area contributed by atoms with Gasteiger partial charge in [0.25, 0.3) is 0 Å². The molecule has 0 radical (unpaired) electrons. The van der Waals surface area contributed by atoms with Crippen molar-refractivity contribution >= 4 is 6.72 Å². The Hall–Kier alpha value is -1.09. The monoisotopic (exact) mass is 195 g/mol. The summed E-state index contributed by atoms with van der Waals surface area (Å²) >= 11 is 0. The predicted octanol–water partition coefficient (Wildman–Crippen LogP) is 2.39. The lowest BCUT2D eigenvalue weighted by atomic mass is 10.3. The van der Waals surface area contributed by atoms with E-state index in [4.69, 9.17) is 0 Å². The molecule has 0 saturated carbocycles. The number of allylic oxidation sites excluding steroid dienone is 2. The molecular formula is C11H21N3. The van der Waals surface area contributed by atoms with Gasteiger partial charge in [-0.2, -0.15) is 0 Å². The quantitative estimate of drug-likeness (QED) is 0.372. The molecule has 3 nitrogen and oxygen atoms in total. The summed E-state index contributed by atoms with van der Waals surface area (Å²) in [6.45, 7) is 9.72. The summed E-state index contributed by atoms with van der Waals surface area (Å²) in [5.41, 5.74) is 7.10. The second kappa shape index (κ2) is 8.51. The van der Waals surface area contributed by atoms with Crippen LogP contribution in [0.1, 0.15) is 33.6 Å². The number of hydrogen-bond donors (Lipinski definition) is 2. The highest BCUT2D eigenvalue weighted by molar-refractivity contribution is 5.28. The van der Waals surface area contributed by atoms with Gasteiger partial charge in [0, 0.05) is 6.04 Å². The average molecular weight is 195 g/mol. The molecule has 0 rings (SSSR count). The van der Waals surface area contributed by atoms with Crippen LogP contribution in [-0.2, 0) is 0 Å². The van der Waals surface area contributed by atoms with Gasteiger partial charge in [-0.25, -0.2) is 5.43 Å². The maximum Gasteiger partial charge on any atom is 0.0667 e. The van der Waals surface area contributed by atoms with Crippen LogP contribution < -0.4 is 10.9 Å². The SMILES string of the molecule is C=N/C=C(\C=C/CCC)NNC(C)C. The molecule has 0 atom stereocenters. The van der Waals surface area contributed by atoms with Crippen LogP contribution in [0.15, 0.2) is 29.0 Å². The molecule has 0 amide bonds. The first-order valence-electron chi connectivity index (χ1n) is 5.04. The Morgan fingerprint density at radius 3 is 2.71 bits per heavy atom. The standard InChI is InChI=1S/C11H21N3/c1-5-6-7-8-11(9-12-4)14-13-10(2)3/h7-10,13-14H,4-6H2,1-3H3/b8-7-,11-9+. The summed E-state index contributed by atoms with van der Waals surface area (Å²) in [4.78, 5) is 3.73. The Bertz CT molecular complexity index is 205. The molecule has 0 aromatic rings. The molecular weight excluding hydrogens is 174 g/mol. The molecule has 0 unspecified atom stereocenters. The van der Waals surface area contributed by atoms with Crippen molar-refractivity contribution in [2.24, 2.45) is 4.99 Å². The van der Waals surface area contributed by atoms with Gasteiger partial charge in [0.15, 0.2) is 0 Å². The third kappa shape index (κ3) is 7.55. The maximum absolute atomic E-state index is 3.73. The summed E-state index contributed by atoms with van der Waals surface area (Å²) in [5, 5.41) is 0. The summed E-state index contributed by atoms with van der Waals surface area (Å²) in [5.74, 6) is 0. The summed E-state index contributed by atoms with van der Waals surface area (Å²) in [7, 11) is 0. The summed E-state index contributed by atoms with van der Waals surface area (Å²) in [6.07, 6.45) is 8.06. The van der Waals surface area contributed by atoms with Gasteiger partial charge in [-0.15, -0.1) is 0 Å². The van der Waals surface area contributed by atoms with Crippen LogP contribution >= 0.6 is 0 Å². The molecule has 0 spiro atoms. The van der Waals surface area contributed by atoms with Gasteiger partial charge in [0.05, 0.1) is 11.9 Å². The van der Waals surface area contributed by atoms with Crippen LogP contribution in [0.25, 0.3) is 0 Å². The third-order valence-electron chi connectivity index (χ3n) is 1.49. The number of nitrogens with zero attached hydrogens (tertiary/aromatic N) is 1. The maximum atomic E-state index is 3.73. The Labute approximate surface area is 87.0 Å². The normalized spacial score (nSPS) is 12.4.